The molecule has 2 fully saturated rings. The van der Waals surface area contributed by atoms with E-state index in [1.165, 1.54) is 19.2 Å². The average Bonchev–Trinajstić information content (AvgIpc) is 3.47. The minimum absolute atomic E-state index is 0.0248. The number of carboxylic acids is 1. The number of nitrogens with one attached hydrogen (secondary N) is 1. The monoisotopic (exact) mass is 733 g/mol. The van der Waals surface area contributed by atoms with E-state index in [4.69, 9.17) is 19.9 Å². The van der Waals surface area contributed by atoms with Crippen molar-refractivity contribution in [2.75, 3.05) is 25.4 Å². The number of oxime groups is 1. The molecule has 0 saturated carbocycles. The van der Waals surface area contributed by atoms with Crippen molar-refractivity contribution in [2.45, 2.75) is 50.4 Å². The first kappa shape index (κ1) is 36.7. The zero-order valence-corrected chi connectivity index (χ0v) is 28.9. The van der Waals surface area contributed by atoms with Crippen LogP contribution in [0.2, 0.25) is 0 Å². The molecule has 2 saturated heterocycles. The number of carbonyl (C=O) groups is 3. The molecule has 17 nitrogen and oxygen atoms in total. The molecule has 1 amide bonds. The lowest BCUT2D eigenvalue weighted by molar-refractivity contribution is -0.678. The lowest BCUT2D eigenvalue weighted by atomic mass is 9.74. The van der Waals surface area contributed by atoms with Crippen LogP contribution < -0.4 is 20.4 Å². The van der Waals surface area contributed by atoms with Gasteiger partial charge in [-0.25, -0.2) is 14.3 Å². The van der Waals surface area contributed by atoms with Crippen molar-refractivity contribution < 1.29 is 56.0 Å². The number of amides is 1. The lowest BCUT2D eigenvalue weighted by Crippen LogP contribution is -2.68. The van der Waals surface area contributed by atoms with Crippen LogP contribution in [0, 0.1) is 5.92 Å². The third-order valence-electron chi connectivity index (χ3n) is 8.59. The van der Waals surface area contributed by atoms with Crippen LogP contribution in [0.4, 0.5) is 5.13 Å². The molecule has 268 valence electrons. The number of aliphatic carboxylic acids is 1. The van der Waals surface area contributed by atoms with Crippen LogP contribution in [-0.2, 0) is 47.4 Å². The molecule has 4 heterocycles. The van der Waals surface area contributed by atoms with Crippen molar-refractivity contribution in [3.8, 4) is 16.9 Å². The fraction of sp³-hybridized carbons (Fsp3) is 0.419. The van der Waals surface area contributed by atoms with E-state index in [1.54, 1.807) is 12.1 Å². The largest absolute Gasteiger partial charge is 0.489 e. The van der Waals surface area contributed by atoms with E-state index in [0.29, 0.717) is 30.3 Å². The number of anilines is 1. The highest BCUT2D eigenvalue weighted by Crippen LogP contribution is 2.40. The number of β-lactam (4-membered cyclic amide) rings is 1. The van der Waals surface area contributed by atoms with Crippen molar-refractivity contribution >= 4 is 50.2 Å². The topological polar surface area (TPSA) is 244 Å². The highest BCUT2D eigenvalue weighted by atomic mass is 32.3. The van der Waals surface area contributed by atoms with Crippen molar-refractivity contribution in [1.29, 1.82) is 0 Å². The molecule has 0 spiro atoms. The number of carbonyl (C=O) groups excluding carboxylic acids is 2. The van der Waals surface area contributed by atoms with Crippen molar-refractivity contribution in [3.05, 3.63) is 59.4 Å². The summed E-state index contributed by atoms with van der Waals surface area (Å²) in [5.74, 6) is -3.82. The first-order chi connectivity index (χ1) is 23.5. The maximum Gasteiger partial charge on any atom is 0.418 e. The summed E-state index contributed by atoms with van der Waals surface area (Å²) >= 11 is 0.985. The minimum atomic E-state index is -4.99. The predicted octanol–water partition coefficient (Wildman–Crippen LogP) is 0.667. The number of Topliss-reactive ketones (excluding diaryl/α,β-unsaturated/α-hetero) is 1. The number of ether oxygens (including phenoxy) is 1. The number of pyridine rings is 1. The molecule has 0 unspecified atom stereocenters. The summed E-state index contributed by atoms with van der Waals surface area (Å²) in [6.07, 6.45) is 1.23. The Labute approximate surface area is 291 Å². The fourth-order valence-electron chi connectivity index (χ4n) is 5.48. The summed E-state index contributed by atoms with van der Waals surface area (Å²) < 4.78 is 43.3. The van der Waals surface area contributed by atoms with Gasteiger partial charge in [-0.15, -0.1) is 15.6 Å². The van der Waals surface area contributed by atoms with Gasteiger partial charge in [0, 0.05) is 42.9 Å². The van der Waals surface area contributed by atoms with E-state index >= 15 is 0 Å². The van der Waals surface area contributed by atoms with Gasteiger partial charge in [0.25, 0.3) is 12.0 Å². The van der Waals surface area contributed by atoms with E-state index in [2.05, 4.69) is 19.7 Å². The molecule has 50 heavy (non-hydrogen) atoms. The van der Waals surface area contributed by atoms with Crippen LogP contribution in [-0.4, -0.2) is 93.5 Å². The third-order valence-corrected chi connectivity index (χ3v) is 9.60. The van der Waals surface area contributed by atoms with Crippen molar-refractivity contribution in [3.63, 3.8) is 0 Å². The molecule has 1 aromatic carbocycles. The second-order valence-corrected chi connectivity index (χ2v) is 14.5. The highest BCUT2D eigenvalue weighted by Gasteiger charge is 2.57. The molecular weight excluding hydrogens is 697 g/mol. The van der Waals surface area contributed by atoms with Gasteiger partial charge in [-0.1, -0.05) is 17.3 Å². The molecule has 19 heteroatoms. The number of β-amino-alcohol motifs (C(OH)–C–C–N with tert-alkyl or cyclic N) is 1. The number of hydroxylamine groups is 2. The Hall–Kier alpha value is -4.53. The number of aryl methyl sites for hydroxylation is 2. The number of rotatable bonds is 16. The molecular formula is C31H37N6O11S2+. The molecule has 2 atom stereocenters. The predicted molar refractivity (Wildman–Crippen MR) is 177 cm³/mol. The fourth-order valence-corrected chi connectivity index (χ4v) is 6.49. The summed E-state index contributed by atoms with van der Waals surface area (Å²) in [5, 5.41) is 29.0. The smallest absolute Gasteiger partial charge is 0.418 e. The third kappa shape index (κ3) is 8.42. The first-order valence-corrected chi connectivity index (χ1v) is 17.6. The normalized spacial score (nSPS) is 18.9. The number of carboxylic acid groups (broad SMARTS) is 1. The van der Waals surface area contributed by atoms with Gasteiger partial charge in [0.05, 0.1) is 17.1 Å². The van der Waals surface area contributed by atoms with E-state index in [1.807, 2.05) is 42.1 Å². The van der Waals surface area contributed by atoms with Gasteiger partial charge in [-0.05, 0) is 44.0 Å². The number of aromatic nitrogens is 2. The number of nitrogens with two attached hydrogens (primary N) is 1. The Bertz CT molecular complexity index is 1910. The number of benzene rings is 1. The van der Waals surface area contributed by atoms with Crippen LogP contribution >= 0.6 is 11.3 Å². The van der Waals surface area contributed by atoms with Gasteiger partial charge in [0.15, 0.2) is 28.5 Å². The van der Waals surface area contributed by atoms with Gasteiger partial charge >= 0.3 is 16.4 Å². The first-order valence-electron chi connectivity index (χ1n) is 15.3. The maximum atomic E-state index is 13.4. The summed E-state index contributed by atoms with van der Waals surface area (Å²) in [4.78, 5) is 47.3. The summed E-state index contributed by atoms with van der Waals surface area (Å²) in [5.41, 5.74) is 6.23. The van der Waals surface area contributed by atoms with E-state index in [-0.39, 0.29) is 10.8 Å². The quantitative estimate of drug-likeness (QED) is 0.0447. The van der Waals surface area contributed by atoms with Crippen LogP contribution in [0.25, 0.3) is 11.1 Å². The highest BCUT2D eigenvalue weighted by molar-refractivity contribution is 7.80. The van der Waals surface area contributed by atoms with Crippen molar-refractivity contribution in [1.82, 2.24) is 15.4 Å². The summed E-state index contributed by atoms with van der Waals surface area (Å²) in [6.45, 7) is 3.56. The molecule has 6 N–H and O–H groups in total. The number of hydrogen-bond donors (Lipinski definition) is 5. The van der Waals surface area contributed by atoms with Gasteiger partial charge < -0.3 is 30.8 Å². The zero-order chi connectivity index (χ0) is 36.4. The second-order valence-electron chi connectivity index (χ2n) is 12.6. The van der Waals surface area contributed by atoms with E-state index in [0.717, 1.165) is 34.6 Å². The van der Waals surface area contributed by atoms with E-state index < -0.39 is 70.0 Å². The Morgan fingerprint density at radius 3 is 2.42 bits per heavy atom. The average molecular weight is 734 g/mol. The molecule has 0 aliphatic carbocycles. The Balaban J connectivity index is 1.22. The number of nitrogen functional groups attached to an aromatic ring is 1. The number of aliphatic hydroxyl groups is 1. The Morgan fingerprint density at radius 2 is 1.88 bits per heavy atom. The SMILES string of the molecule is C[n+]1cc(-c2ccc(OC[C@H](O/N=C(\C(=O)C[C@@H]3C(=O)N(OS(=O)(=O)O)C3(C)C)c3csc(N)n3)C(=O)O)cc2)ccc1CCC1(O)CNC1. The number of thiazole rings is 1. The molecule has 2 aromatic heterocycles. The molecule has 0 bridgehead atoms. The Morgan fingerprint density at radius 1 is 1.20 bits per heavy atom. The second kappa shape index (κ2) is 14.4. The Kier molecular flexibility index (Phi) is 10.6. The van der Waals surface area contributed by atoms with Gasteiger partial charge in [0.2, 0.25) is 0 Å². The number of ketones is 1. The van der Waals surface area contributed by atoms with Crippen molar-refractivity contribution in [2.24, 2.45) is 18.1 Å². The minimum Gasteiger partial charge on any atom is -0.489 e. The molecule has 3 aromatic rings. The van der Waals surface area contributed by atoms with Gasteiger partial charge in [-0.3, -0.25) is 14.1 Å². The summed E-state index contributed by atoms with van der Waals surface area (Å²) in [6, 6.07) is 11.0. The maximum absolute atomic E-state index is 13.4. The molecule has 2 aliphatic heterocycles. The van der Waals surface area contributed by atoms with Crippen LogP contribution in [0.15, 0.2) is 53.1 Å². The summed E-state index contributed by atoms with van der Waals surface area (Å²) in [7, 11) is -3.05. The number of hydrogen-bond acceptors (Lipinski definition) is 14. The lowest BCUT2D eigenvalue weighted by Gasteiger charge is -2.50. The van der Waals surface area contributed by atoms with Crippen LogP contribution in [0.1, 0.15) is 38.1 Å². The van der Waals surface area contributed by atoms with E-state index in [9.17, 15) is 33.0 Å². The van der Waals surface area contributed by atoms with Gasteiger partial charge in [-0.2, -0.15) is 13.5 Å². The molecule has 2 aliphatic rings. The molecule has 5 rings (SSSR count). The zero-order valence-electron chi connectivity index (χ0n) is 27.3. The van der Waals surface area contributed by atoms with Gasteiger partial charge in [0.1, 0.15) is 25.1 Å². The number of nitrogens with zero attached hydrogens (tertiary/aromatic N) is 4. The molecule has 0 radical (unpaired) electrons. The standard InChI is InChI=1S/C31H36N6O11S2/c1-30(2)22(27(39)37(30)48-50(43,44)45)12-24(38)26(23-15-49-29(32)34-23)35-47-25(28(40)41)14-46-21-8-5-18(6-9-21)19-4-7-20(36(3)13-19)10-11-31(42)16-33-17-31/h4-9,13,15,22,25,33,42H,10-12,14,16-17H2,1-3H3,(H3-,32,34,40,41,43,44,45)/p+1/b35-26-/t22-,25+/m1/s1. The van der Waals surface area contributed by atoms with Crippen LogP contribution in [0.5, 0.6) is 5.75 Å². The van der Waals surface area contributed by atoms with Crippen LogP contribution in [0.3, 0.4) is 0 Å².